The van der Waals surface area contributed by atoms with Gasteiger partial charge in [-0.05, 0) is 142 Å². The molecule has 7 rings (SSSR count). The van der Waals surface area contributed by atoms with Crippen LogP contribution in [-0.2, 0) is 104 Å². The number of rotatable bonds is 20. The Morgan fingerprint density at radius 1 is 0.500 bits per heavy atom. The average molecular weight is 1600 g/mol. The van der Waals surface area contributed by atoms with Gasteiger partial charge >= 0.3 is 31.3 Å². The Hall–Kier alpha value is -1.68. The summed E-state index contributed by atoms with van der Waals surface area (Å²) in [6, 6.07) is 16.8. The van der Waals surface area contributed by atoms with Gasteiger partial charge in [0.2, 0.25) is 0 Å². The molecule has 1 N–H and O–H groups in total. The lowest BCUT2D eigenvalue weighted by Gasteiger charge is -2.43. The van der Waals surface area contributed by atoms with Crippen molar-refractivity contribution in [2.45, 2.75) is 152 Å². The van der Waals surface area contributed by atoms with Crippen LogP contribution in [0, 0.1) is 76.8 Å². The predicted molar refractivity (Wildman–Crippen MR) is 379 cm³/mol. The summed E-state index contributed by atoms with van der Waals surface area (Å²) >= 11 is 13.9. The summed E-state index contributed by atoms with van der Waals surface area (Å²) in [4.78, 5) is 0. The van der Waals surface area contributed by atoms with Crippen LogP contribution in [0.3, 0.4) is 0 Å². The second kappa shape index (κ2) is 43.9. The van der Waals surface area contributed by atoms with Crippen LogP contribution in [0.25, 0.3) is 0 Å². The lowest BCUT2D eigenvalue weighted by Crippen LogP contribution is -2.48. The van der Waals surface area contributed by atoms with Gasteiger partial charge in [0.15, 0.2) is 33.5 Å². The van der Waals surface area contributed by atoms with Crippen LogP contribution in [0.1, 0.15) is 83.1 Å². The summed E-state index contributed by atoms with van der Waals surface area (Å²) in [5.74, 6) is 3.76. The van der Waals surface area contributed by atoms with E-state index in [1.54, 1.807) is 52.7 Å². The number of ether oxygens (including phenoxy) is 8. The maximum Gasteiger partial charge on any atom is 0.488 e. The van der Waals surface area contributed by atoms with Gasteiger partial charge < -0.3 is 60.0 Å². The van der Waals surface area contributed by atoms with Crippen LogP contribution in [0.2, 0.25) is 19.6 Å². The van der Waals surface area contributed by atoms with Crippen LogP contribution in [0.5, 0.6) is 17.2 Å². The van der Waals surface area contributed by atoms with Gasteiger partial charge in [-0.25, -0.2) is 12.8 Å². The van der Waals surface area contributed by atoms with Crippen LogP contribution >= 0.6 is 45.4 Å². The fourth-order valence-electron chi connectivity index (χ4n) is 10.3. The van der Waals surface area contributed by atoms with Crippen LogP contribution in [0.15, 0.2) is 81.7 Å². The largest absolute Gasteiger partial charge is 0.488 e. The molecule has 0 aromatic heterocycles. The van der Waals surface area contributed by atoms with Crippen molar-refractivity contribution in [2.24, 2.45) is 71.0 Å². The maximum absolute atomic E-state index is 12.2. The monoisotopic (exact) mass is 1600 g/mol. The Bertz CT molecular complexity index is 2820. The van der Waals surface area contributed by atoms with E-state index in [0.717, 1.165) is 33.2 Å². The standard InChI is InChI=1S/2C16H23BrO6S.C13H28O3Si.C10H20O3.C6H4F2O3S.BH2.S2.H2S/c2*1-10-11(2)15(22-16(20-4)12(10)3)9-21-24(18,19)23-14-7-5-13(17)6-8-14;1-9-10(2)12(8-15-17(5,6)7)16-13(14-4)11(9)3;1-6-7(2)9(5-11)13-10(12-4)8(6)3;7-5-1-3-6(4-2-5)11-12(8,9)10;;1-2;/h2*5-8,10-12,15-16H,9H2,1-4H3;9-13H,8H2,1-7H3;6-11H,5H2,1-4H3;1-4H;1H2;;1H2/t2*10-,11-,12?,15?,16-;9-,10-,11?,12?,13-;6-,7-,8?,9?,10-;;;;/m0000..../s1/i;;;;;1TD;;. The van der Waals surface area contributed by atoms with E-state index in [4.69, 9.17) is 66.8 Å². The van der Waals surface area contributed by atoms with Crippen LogP contribution in [-0.4, -0.2) is 154 Å². The molecule has 0 saturated carbocycles. The molecule has 4 aliphatic heterocycles. The third-order valence-corrected chi connectivity index (χ3v) is 21.6. The highest BCUT2D eigenvalue weighted by Crippen LogP contribution is 2.39. The zero-order chi connectivity index (χ0) is 72.9. The molecular formula is C61H102BBr2F2O21S6Si. The number of methoxy groups -OCH3 is 4. The van der Waals surface area contributed by atoms with Crippen molar-refractivity contribution in [2.75, 3.05) is 54.9 Å². The van der Waals surface area contributed by atoms with E-state index in [1.165, 1.54) is 24.3 Å². The Labute approximate surface area is 598 Å². The zero-order valence-electron chi connectivity index (χ0n) is 59.0. The van der Waals surface area contributed by atoms with Gasteiger partial charge in [0.25, 0.3) is 0 Å². The third-order valence-electron chi connectivity index (χ3n) is 17.5. The molecule has 20 atom stereocenters. The molecule has 0 spiro atoms. The molecule has 0 aliphatic carbocycles. The van der Waals surface area contributed by atoms with E-state index in [0.29, 0.717) is 62.3 Å². The summed E-state index contributed by atoms with van der Waals surface area (Å²) in [5, 5.41) is 9.10. The lowest BCUT2D eigenvalue weighted by atomic mass is 9.79. The Balaban J connectivity index is 0.00000118. The molecule has 0 bridgehead atoms. The van der Waals surface area contributed by atoms with Gasteiger partial charge in [-0.3, -0.25) is 0 Å². The molecule has 3 aromatic carbocycles. The molecule has 0 amide bonds. The third kappa shape index (κ3) is 31.5. The summed E-state index contributed by atoms with van der Waals surface area (Å²) in [5.41, 5.74) is 0. The summed E-state index contributed by atoms with van der Waals surface area (Å²) in [6.07, 6.45) is -1.68. The number of aliphatic hydroxyl groups is 1. The molecule has 21 nitrogen and oxygen atoms in total. The summed E-state index contributed by atoms with van der Waals surface area (Å²) in [7, 11) is -7.77. The van der Waals surface area contributed by atoms with Crippen molar-refractivity contribution in [3.05, 3.63) is 87.6 Å². The smallest absolute Gasteiger partial charge is 0.415 e. The molecule has 94 heavy (non-hydrogen) atoms. The van der Waals surface area contributed by atoms with Gasteiger partial charge in [0, 0.05) is 83.4 Å². The van der Waals surface area contributed by atoms with Crippen molar-refractivity contribution in [1.82, 2.24) is 0 Å². The van der Waals surface area contributed by atoms with Crippen molar-refractivity contribution in [3.8, 4) is 17.2 Å². The highest BCUT2D eigenvalue weighted by molar-refractivity contribution is 9.10. The zero-order valence-corrected chi connectivity index (χ0v) is 66.3. The topological polar surface area (TPSA) is 252 Å². The van der Waals surface area contributed by atoms with E-state index in [-0.39, 0.29) is 124 Å². The molecule has 4 aliphatic rings. The molecule has 543 valence electrons. The van der Waals surface area contributed by atoms with Crippen molar-refractivity contribution in [3.63, 3.8) is 0 Å². The Kier molecular flexibility index (Phi) is 41.3. The summed E-state index contributed by atoms with van der Waals surface area (Å²) < 4.78 is 179. The minimum Gasteiger partial charge on any atom is -0.415 e. The second-order valence-electron chi connectivity index (χ2n) is 24.4. The minimum atomic E-state index is -5.01. The Morgan fingerprint density at radius 2 is 0.755 bits per heavy atom. The molecule has 3 aromatic rings. The number of hydrogen-bond acceptors (Lipinski definition) is 23. The molecule has 4 heterocycles. The minimum absolute atomic E-state index is 0. The van der Waals surface area contributed by atoms with Crippen molar-refractivity contribution in [1.29, 1.82) is 2.67 Å². The van der Waals surface area contributed by atoms with E-state index in [9.17, 15) is 33.5 Å². The highest BCUT2D eigenvalue weighted by Gasteiger charge is 2.43. The van der Waals surface area contributed by atoms with E-state index in [1.807, 2.05) is 13.8 Å². The molecule has 4 saturated heterocycles. The molecule has 4 fully saturated rings. The second-order valence-corrected chi connectivity index (χ2v) is 34.2. The molecular weight excluding hydrogens is 1500 g/mol. The first-order valence-electron chi connectivity index (χ1n) is 31.2. The molecule has 33 heteroatoms. The first-order valence-corrected chi connectivity index (χ1v) is 40.3. The van der Waals surface area contributed by atoms with Gasteiger partial charge in [0.05, 0.1) is 59.2 Å². The van der Waals surface area contributed by atoms with Gasteiger partial charge in [-0.2, -0.15) is 38.7 Å². The van der Waals surface area contributed by atoms with Crippen LogP contribution < -0.4 is 12.5 Å². The fraction of sp³-hybridized carbons (Fsp3) is 0.705. The van der Waals surface area contributed by atoms with E-state index < -0.39 is 45.4 Å². The van der Waals surface area contributed by atoms with Crippen molar-refractivity contribution >= 4 is 116 Å². The first kappa shape index (κ1) is 88.4. The summed E-state index contributed by atoms with van der Waals surface area (Å²) in [6.45, 7) is 32.7. The Morgan fingerprint density at radius 3 is 1.02 bits per heavy atom. The van der Waals surface area contributed by atoms with E-state index in [2.05, 4.69) is 147 Å². The van der Waals surface area contributed by atoms with Gasteiger partial charge in [0.1, 0.15) is 23.1 Å². The SMILES string of the molecule is CO[C@H]1OC(CO)[C@@H](C)[C@H](C)C1C.CO[C@H]1OC(COS(=O)(=O)Oc2ccc(Br)cc2)[C@@H](C)[C@H](C)C1C.CO[C@H]1OC(COS(=O)(=O)Oc2ccc(Br)cc2)[C@@H](C)[C@H](C)C1C.CO[C@H]1OC(CO[Si](C)(C)C)[C@@H](C)[C@H](C)C1C.O=S(=O)(F)Oc1ccc(F)cc1.S.S=S.[2H][B][3H]. The normalized spacial score (nSPS) is 31.0. The molecule has 1 radical (unpaired) electrons. The number of hydrogen-bond donors (Lipinski definition) is 1. The number of benzene rings is 3. The predicted octanol–water partition coefficient (Wildman–Crippen LogP) is 11.7. The van der Waals surface area contributed by atoms with Gasteiger partial charge in [-0.15, -0.1) is 0 Å². The highest BCUT2D eigenvalue weighted by atomic mass is 79.9. The first-order chi connectivity index (χ1) is 44.2. The molecule has 8 unspecified atom stereocenters. The fourth-order valence-corrected chi connectivity index (χ4v) is 13.2. The number of halogens is 4. The quantitative estimate of drug-likeness (QED) is 0.0815. The van der Waals surface area contributed by atoms with Crippen molar-refractivity contribution < 1.29 is 102 Å². The average Bonchev–Trinajstić information content (AvgIpc) is 0.846. The van der Waals surface area contributed by atoms with Crippen LogP contribution in [0.4, 0.5) is 8.28 Å². The maximum atomic E-state index is 12.2. The van der Waals surface area contributed by atoms with E-state index >= 15 is 0 Å². The number of aliphatic hydroxyl groups excluding tert-OH is 1. The lowest BCUT2D eigenvalue weighted by molar-refractivity contribution is -0.244. The van der Waals surface area contributed by atoms with Gasteiger partial charge in [-0.1, -0.05) is 119 Å².